The van der Waals surface area contributed by atoms with Gasteiger partial charge in [-0.3, -0.25) is 9.67 Å². The van der Waals surface area contributed by atoms with Gasteiger partial charge in [0.2, 0.25) is 0 Å². The van der Waals surface area contributed by atoms with E-state index in [2.05, 4.69) is 10.1 Å². The monoisotopic (exact) mass is 271 g/mol. The Labute approximate surface area is 109 Å². The Morgan fingerprint density at radius 2 is 2.35 bits per heavy atom. The molecule has 0 fully saturated rings. The summed E-state index contributed by atoms with van der Waals surface area (Å²) in [5.41, 5.74) is 3.45. The van der Waals surface area contributed by atoms with Gasteiger partial charge in [-0.05, 0) is 6.42 Å². The fraction of sp³-hybridized carbons (Fsp3) is 0.455. The molecule has 2 rings (SSSR count). The van der Waals surface area contributed by atoms with E-state index in [1.807, 2.05) is 14.0 Å². The molecule has 0 aromatic carbocycles. The lowest BCUT2D eigenvalue weighted by atomic mass is 10.1. The number of nitrogens with zero attached hydrogens (tertiary/aromatic N) is 3. The first-order valence-corrected chi connectivity index (χ1v) is 6.66. The Morgan fingerprint density at radius 3 is 2.88 bits per heavy atom. The maximum atomic E-state index is 10.1. The summed E-state index contributed by atoms with van der Waals surface area (Å²) >= 11 is 7.67. The van der Waals surface area contributed by atoms with Crippen LogP contribution in [-0.4, -0.2) is 19.9 Å². The van der Waals surface area contributed by atoms with Gasteiger partial charge >= 0.3 is 0 Å². The summed E-state index contributed by atoms with van der Waals surface area (Å²) in [6.07, 6.45) is 2.37. The van der Waals surface area contributed by atoms with Crippen molar-refractivity contribution < 1.29 is 5.11 Å². The summed E-state index contributed by atoms with van der Waals surface area (Å²) in [6, 6.07) is 0. The Hall–Kier alpha value is -0.910. The Kier molecular flexibility index (Phi) is 3.81. The molecular formula is C11H14ClN3OS. The highest BCUT2D eigenvalue weighted by Gasteiger charge is 2.18. The van der Waals surface area contributed by atoms with Gasteiger partial charge in [0, 0.05) is 19.7 Å². The van der Waals surface area contributed by atoms with E-state index in [1.165, 1.54) is 11.3 Å². The van der Waals surface area contributed by atoms with Crippen molar-refractivity contribution in [3.8, 4) is 0 Å². The number of thiazole rings is 1. The summed E-state index contributed by atoms with van der Waals surface area (Å²) in [4.78, 5) is 4.80. The molecular weight excluding hydrogens is 258 g/mol. The molecule has 2 aromatic rings. The van der Waals surface area contributed by atoms with E-state index in [9.17, 15) is 5.11 Å². The number of aryl methyl sites for hydroxylation is 2. The van der Waals surface area contributed by atoms with Crippen LogP contribution in [0.3, 0.4) is 0 Å². The topological polar surface area (TPSA) is 50.9 Å². The van der Waals surface area contributed by atoms with Gasteiger partial charge in [0.1, 0.15) is 0 Å². The second kappa shape index (κ2) is 5.16. The van der Waals surface area contributed by atoms with Gasteiger partial charge in [-0.2, -0.15) is 5.10 Å². The van der Waals surface area contributed by atoms with Crippen LogP contribution in [0.4, 0.5) is 0 Å². The molecule has 0 spiro atoms. The predicted molar refractivity (Wildman–Crippen MR) is 68.4 cm³/mol. The fourth-order valence-corrected chi connectivity index (χ4v) is 2.69. The predicted octanol–water partition coefficient (Wildman–Crippen LogP) is 2.37. The van der Waals surface area contributed by atoms with Crippen molar-refractivity contribution >= 4 is 22.9 Å². The van der Waals surface area contributed by atoms with Crippen molar-refractivity contribution in [3.63, 3.8) is 0 Å². The standard InChI is InChI=1S/C11H14ClN3OS/c1-3-7-11(12)8(15(2)14-7)4-9(16)10-5-13-6-17-10/h5-6,9,16H,3-4H2,1-2H3. The van der Waals surface area contributed by atoms with Gasteiger partial charge in [0.15, 0.2) is 0 Å². The van der Waals surface area contributed by atoms with Crippen molar-refractivity contribution in [3.05, 3.63) is 33.0 Å². The van der Waals surface area contributed by atoms with Crippen LogP contribution in [0.25, 0.3) is 0 Å². The Bertz CT molecular complexity index is 495. The molecule has 6 heteroatoms. The third-order valence-corrected chi connectivity index (χ3v) is 3.98. The highest BCUT2D eigenvalue weighted by atomic mass is 35.5. The summed E-state index contributed by atoms with van der Waals surface area (Å²) in [5, 5.41) is 15.1. The second-order valence-electron chi connectivity index (χ2n) is 3.81. The zero-order valence-electron chi connectivity index (χ0n) is 9.72. The molecule has 17 heavy (non-hydrogen) atoms. The normalized spacial score (nSPS) is 12.9. The molecule has 0 bridgehead atoms. The highest BCUT2D eigenvalue weighted by molar-refractivity contribution is 7.09. The highest BCUT2D eigenvalue weighted by Crippen LogP contribution is 2.27. The van der Waals surface area contributed by atoms with Crippen molar-refractivity contribution in [1.29, 1.82) is 0 Å². The Balaban J connectivity index is 2.21. The number of aromatic nitrogens is 3. The maximum Gasteiger partial charge on any atom is 0.0953 e. The molecule has 0 saturated carbocycles. The maximum absolute atomic E-state index is 10.1. The smallest absolute Gasteiger partial charge is 0.0953 e. The lowest BCUT2D eigenvalue weighted by molar-refractivity contribution is 0.179. The number of hydrogen-bond donors (Lipinski definition) is 1. The molecule has 1 N–H and O–H groups in total. The molecule has 1 atom stereocenters. The number of aliphatic hydroxyl groups is 1. The van der Waals surface area contributed by atoms with E-state index >= 15 is 0 Å². The first kappa shape index (κ1) is 12.5. The van der Waals surface area contributed by atoms with Crippen molar-refractivity contribution in [2.24, 2.45) is 7.05 Å². The first-order chi connectivity index (χ1) is 8.13. The van der Waals surface area contributed by atoms with Crippen LogP contribution in [-0.2, 0) is 19.9 Å². The molecule has 1 unspecified atom stereocenters. The molecule has 2 heterocycles. The SMILES string of the molecule is CCc1nn(C)c(CC(O)c2cncs2)c1Cl. The van der Waals surface area contributed by atoms with Gasteiger partial charge in [-0.1, -0.05) is 18.5 Å². The van der Waals surface area contributed by atoms with Crippen LogP contribution in [0.2, 0.25) is 5.02 Å². The van der Waals surface area contributed by atoms with Crippen LogP contribution >= 0.6 is 22.9 Å². The van der Waals surface area contributed by atoms with E-state index in [0.29, 0.717) is 11.4 Å². The van der Waals surface area contributed by atoms with Gasteiger partial charge in [0.05, 0.1) is 32.9 Å². The molecule has 2 aromatic heterocycles. The molecule has 0 aliphatic carbocycles. The van der Waals surface area contributed by atoms with Gasteiger partial charge in [-0.25, -0.2) is 0 Å². The van der Waals surface area contributed by atoms with E-state index < -0.39 is 6.10 Å². The average Bonchev–Trinajstić information content (AvgIpc) is 2.92. The zero-order valence-corrected chi connectivity index (χ0v) is 11.3. The minimum absolute atomic E-state index is 0.463. The molecule has 0 aliphatic rings. The molecule has 0 amide bonds. The van der Waals surface area contributed by atoms with Crippen LogP contribution in [0.15, 0.2) is 11.7 Å². The largest absolute Gasteiger partial charge is 0.387 e. The molecule has 92 valence electrons. The third kappa shape index (κ3) is 2.51. The molecule has 4 nitrogen and oxygen atoms in total. The van der Waals surface area contributed by atoms with E-state index in [1.54, 1.807) is 16.4 Å². The number of hydrogen-bond acceptors (Lipinski definition) is 4. The van der Waals surface area contributed by atoms with E-state index in [-0.39, 0.29) is 0 Å². The van der Waals surface area contributed by atoms with Gasteiger partial charge in [0.25, 0.3) is 0 Å². The van der Waals surface area contributed by atoms with E-state index in [0.717, 1.165) is 22.7 Å². The van der Waals surface area contributed by atoms with Crippen molar-refractivity contribution in [2.75, 3.05) is 0 Å². The van der Waals surface area contributed by atoms with Crippen LogP contribution in [0.5, 0.6) is 0 Å². The number of rotatable bonds is 4. The summed E-state index contributed by atoms with van der Waals surface area (Å²) in [7, 11) is 1.85. The summed E-state index contributed by atoms with van der Waals surface area (Å²) in [5.74, 6) is 0. The van der Waals surface area contributed by atoms with Crippen molar-refractivity contribution in [1.82, 2.24) is 14.8 Å². The minimum atomic E-state index is -0.569. The number of halogens is 1. The zero-order chi connectivity index (χ0) is 12.4. The van der Waals surface area contributed by atoms with Crippen LogP contribution in [0, 0.1) is 0 Å². The molecule has 0 saturated heterocycles. The average molecular weight is 272 g/mol. The fourth-order valence-electron chi connectivity index (χ4n) is 1.72. The van der Waals surface area contributed by atoms with Gasteiger partial charge in [-0.15, -0.1) is 11.3 Å². The third-order valence-electron chi connectivity index (χ3n) is 2.67. The first-order valence-electron chi connectivity index (χ1n) is 5.40. The van der Waals surface area contributed by atoms with Crippen LogP contribution < -0.4 is 0 Å². The number of aliphatic hydroxyl groups excluding tert-OH is 1. The molecule has 0 radical (unpaired) electrons. The summed E-state index contributed by atoms with van der Waals surface area (Å²) < 4.78 is 1.74. The minimum Gasteiger partial charge on any atom is -0.387 e. The second-order valence-corrected chi connectivity index (χ2v) is 5.10. The Morgan fingerprint density at radius 1 is 1.59 bits per heavy atom. The van der Waals surface area contributed by atoms with E-state index in [4.69, 9.17) is 11.6 Å². The summed E-state index contributed by atoms with van der Waals surface area (Å²) in [6.45, 7) is 2.01. The lowest BCUT2D eigenvalue weighted by Crippen LogP contribution is -2.05. The van der Waals surface area contributed by atoms with Crippen LogP contribution in [0.1, 0.15) is 29.3 Å². The quantitative estimate of drug-likeness (QED) is 0.929. The van der Waals surface area contributed by atoms with Crippen molar-refractivity contribution in [2.45, 2.75) is 25.9 Å². The van der Waals surface area contributed by atoms with Gasteiger partial charge < -0.3 is 5.11 Å². The lowest BCUT2D eigenvalue weighted by Gasteiger charge is -2.08. The molecule has 0 aliphatic heterocycles.